The van der Waals surface area contributed by atoms with E-state index in [0.29, 0.717) is 29.4 Å². The second kappa shape index (κ2) is 11.7. The van der Waals surface area contributed by atoms with Gasteiger partial charge in [-0.15, -0.1) is 0 Å². The van der Waals surface area contributed by atoms with Crippen LogP contribution in [0.2, 0.25) is 0 Å². The number of benzene rings is 3. The minimum Gasteiger partial charge on any atom is -1.00 e. The zero-order valence-corrected chi connectivity index (χ0v) is 18.6. The van der Waals surface area contributed by atoms with Gasteiger partial charge in [0, 0.05) is 12.1 Å². The van der Waals surface area contributed by atoms with E-state index in [4.69, 9.17) is 18.9 Å². The van der Waals surface area contributed by atoms with Crippen LogP contribution in [0.1, 0.15) is 17.3 Å². The SMILES string of the molecule is COc1cc(OC)c(C(=O)Pc2ccc(OCc3ccccc3)cc2)c(OC)c1.[H-].[Li+]. The van der Waals surface area contributed by atoms with E-state index in [1.807, 2.05) is 54.6 Å². The molecule has 152 valence electrons. The molecule has 0 heterocycles. The summed E-state index contributed by atoms with van der Waals surface area (Å²) in [5, 5.41) is 0.905. The van der Waals surface area contributed by atoms with Crippen LogP contribution in [0.5, 0.6) is 23.0 Å². The van der Waals surface area contributed by atoms with Crippen molar-refractivity contribution in [2.75, 3.05) is 21.3 Å². The van der Waals surface area contributed by atoms with E-state index < -0.39 is 0 Å². The average Bonchev–Trinajstić information content (AvgIpc) is 2.78. The summed E-state index contributed by atoms with van der Waals surface area (Å²) in [6.07, 6.45) is 0. The van der Waals surface area contributed by atoms with E-state index >= 15 is 0 Å². The first-order valence-corrected chi connectivity index (χ1v) is 10.0. The number of ether oxygens (including phenoxy) is 4. The molecule has 3 rings (SSSR count). The van der Waals surface area contributed by atoms with Crippen LogP contribution in [0, 0.1) is 0 Å². The number of carbonyl (C=O) groups excluding carboxylic acids is 1. The van der Waals surface area contributed by atoms with Gasteiger partial charge in [-0.3, -0.25) is 4.79 Å². The zero-order chi connectivity index (χ0) is 20.6. The number of hydrogen-bond acceptors (Lipinski definition) is 5. The van der Waals surface area contributed by atoms with Crippen LogP contribution >= 0.6 is 8.58 Å². The van der Waals surface area contributed by atoms with Gasteiger partial charge in [-0.2, -0.15) is 0 Å². The van der Waals surface area contributed by atoms with Crippen LogP contribution in [0.15, 0.2) is 66.7 Å². The predicted molar refractivity (Wildman–Crippen MR) is 117 cm³/mol. The molecule has 0 fully saturated rings. The Morgan fingerprint density at radius 2 is 1.43 bits per heavy atom. The quantitative estimate of drug-likeness (QED) is 0.390. The predicted octanol–water partition coefficient (Wildman–Crippen LogP) is 1.55. The van der Waals surface area contributed by atoms with Crippen molar-refractivity contribution in [3.63, 3.8) is 0 Å². The Hall–Kier alpha value is -2.44. The third-order valence-electron chi connectivity index (χ3n) is 4.30. The first-order valence-electron chi connectivity index (χ1n) is 9.02. The third kappa shape index (κ3) is 6.03. The summed E-state index contributed by atoms with van der Waals surface area (Å²) in [5.41, 5.74) is 1.45. The largest absolute Gasteiger partial charge is 1.00 e. The Kier molecular flexibility index (Phi) is 9.27. The van der Waals surface area contributed by atoms with Crippen molar-refractivity contribution in [2.24, 2.45) is 0 Å². The van der Waals surface area contributed by atoms with Gasteiger partial charge in [0.25, 0.3) is 0 Å². The molecule has 3 aromatic rings. The second-order valence-corrected chi connectivity index (χ2v) is 7.44. The van der Waals surface area contributed by atoms with Crippen LogP contribution < -0.4 is 43.1 Å². The normalized spacial score (nSPS) is 10.4. The van der Waals surface area contributed by atoms with Gasteiger partial charge < -0.3 is 20.4 Å². The summed E-state index contributed by atoms with van der Waals surface area (Å²) >= 11 is 0. The molecule has 0 aliphatic heterocycles. The van der Waals surface area contributed by atoms with Crippen molar-refractivity contribution >= 4 is 19.4 Å². The Morgan fingerprint density at radius 3 is 1.97 bits per heavy atom. The van der Waals surface area contributed by atoms with Gasteiger partial charge in [0.05, 0.1) is 21.3 Å². The van der Waals surface area contributed by atoms with Crippen LogP contribution in [0.3, 0.4) is 0 Å². The van der Waals surface area contributed by atoms with Gasteiger partial charge in [0.2, 0.25) is 0 Å². The summed E-state index contributed by atoms with van der Waals surface area (Å²) < 4.78 is 21.8. The summed E-state index contributed by atoms with van der Waals surface area (Å²) in [7, 11) is 4.52. The first kappa shape index (κ1) is 23.8. The Morgan fingerprint density at radius 1 is 0.833 bits per heavy atom. The van der Waals surface area contributed by atoms with Crippen LogP contribution in [-0.2, 0) is 6.61 Å². The van der Waals surface area contributed by atoms with E-state index in [-0.39, 0.29) is 34.4 Å². The standard InChI is InChI=1S/C23H23O5P.Li.H/c1-25-18-13-20(26-2)22(21(14-18)27-3)23(24)29-19-11-9-17(10-12-19)28-15-16-7-5-4-6-8-16;;/h4-14,29H,15H2,1-3H3;;/q;+1;-1. The van der Waals surface area contributed by atoms with E-state index in [0.717, 1.165) is 16.6 Å². The van der Waals surface area contributed by atoms with Gasteiger partial charge in [0.1, 0.15) is 35.2 Å². The molecule has 30 heavy (non-hydrogen) atoms. The fourth-order valence-corrected chi connectivity index (χ4v) is 3.77. The van der Waals surface area contributed by atoms with Crippen molar-refractivity contribution in [1.29, 1.82) is 0 Å². The molecule has 1 atom stereocenters. The number of rotatable bonds is 9. The Bertz CT molecular complexity index is 942. The first-order chi connectivity index (χ1) is 14.1. The van der Waals surface area contributed by atoms with E-state index in [2.05, 4.69) is 0 Å². The number of carbonyl (C=O) groups is 1. The number of methoxy groups -OCH3 is 3. The maximum Gasteiger partial charge on any atom is 1.00 e. The van der Waals surface area contributed by atoms with E-state index in [1.54, 1.807) is 19.2 Å². The molecule has 0 bridgehead atoms. The van der Waals surface area contributed by atoms with Gasteiger partial charge in [0.15, 0.2) is 5.52 Å². The van der Waals surface area contributed by atoms with Crippen molar-refractivity contribution in [1.82, 2.24) is 0 Å². The van der Waals surface area contributed by atoms with Crippen molar-refractivity contribution in [2.45, 2.75) is 6.61 Å². The van der Waals surface area contributed by atoms with Crippen LogP contribution in [0.25, 0.3) is 0 Å². The minimum absolute atomic E-state index is 0. The molecule has 0 spiro atoms. The topological polar surface area (TPSA) is 54.0 Å². The molecule has 5 nitrogen and oxygen atoms in total. The molecule has 0 aliphatic carbocycles. The summed E-state index contributed by atoms with van der Waals surface area (Å²) in [6.45, 7) is 0.502. The fourth-order valence-electron chi connectivity index (χ4n) is 2.80. The smallest absolute Gasteiger partial charge is 1.00 e. The zero-order valence-electron chi connectivity index (χ0n) is 18.6. The molecule has 0 saturated carbocycles. The average molecular weight is 418 g/mol. The molecule has 3 aromatic carbocycles. The molecule has 1 unspecified atom stereocenters. The Balaban J connectivity index is 0.00000240. The van der Waals surface area contributed by atoms with Crippen molar-refractivity contribution in [3.05, 3.63) is 77.9 Å². The monoisotopic (exact) mass is 418 g/mol. The molecular weight excluding hydrogens is 394 g/mol. The summed E-state index contributed by atoms with van der Waals surface area (Å²) in [6, 6.07) is 20.9. The summed E-state index contributed by atoms with van der Waals surface area (Å²) in [5.74, 6) is 2.19. The van der Waals surface area contributed by atoms with E-state index in [9.17, 15) is 4.79 Å². The molecule has 0 aliphatic rings. The third-order valence-corrected chi connectivity index (χ3v) is 5.40. The molecule has 0 amide bonds. The van der Waals surface area contributed by atoms with Gasteiger partial charge in [-0.25, -0.2) is 0 Å². The molecule has 0 N–H and O–H groups in total. The van der Waals surface area contributed by atoms with Gasteiger partial charge in [-0.05, 0) is 31.6 Å². The minimum atomic E-state index is -0.0720. The second-order valence-electron chi connectivity index (χ2n) is 6.16. The Labute approximate surface area is 192 Å². The fraction of sp³-hybridized carbons (Fsp3) is 0.174. The van der Waals surface area contributed by atoms with Gasteiger partial charge in [-0.1, -0.05) is 42.5 Å². The molecule has 0 radical (unpaired) electrons. The number of hydrogen-bond donors (Lipinski definition) is 0. The van der Waals surface area contributed by atoms with Crippen molar-refractivity contribution in [3.8, 4) is 23.0 Å². The molecule has 0 saturated heterocycles. The molecule has 0 aromatic heterocycles. The van der Waals surface area contributed by atoms with Gasteiger partial charge >= 0.3 is 18.9 Å². The summed E-state index contributed by atoms with van der Waals surface area (Å²) in [4.78, 5) is 12.9. The van der Waals surface area contributed by atoms with Crippen molar-refractivity contribution < 1.29 is 44.0 Å². The molecule has 7 heteroatoms. The molecular formula is C23H24LiO5P. The maximum absolute atomic E-state index is 12.9. The van der Waals surface area contributed by atoms with Crippen LogP contribution in [-0.4, -0.2) is 26.9 Å². The van der Waals surface area contributed by atoms with Crippen LogP contribution in [0.4, 0.5) is 0 Å². The maximum atomic E-state index is 12.9. The van der Waals surface area contributed by atoms with E-state index in [1.165, 1.54) is 14.2 Å².